The maximum absolute atomic E-state index is 12.6. The Kier molecular flexibility index (Phi) is 4.88. The molecule has 3 atom stereocenters. The van der Waals surface area contributed by atoms with Gasteiger partial charge in [-0.3, -0.25) is 4.79 Å². The molecule has 3 unspecified atom stereocenters. The molecular formula is C16H30N2O. The van der Waals surface area contributed by atoms with E-state index in [-0.39, 0.29) is 11.3 Å². The van der Waals surface area contributed by atoms with Crippen molar-refractivity contribution in [2.45, 2.75) is 52.9 Å². The number of nitrogens with one attached hydrogen (secondary N) is 2. The Morgan fingerprint density at radius 3 is 2.79 bits per heavy atom. The maximum Gasteiger partial charge on any atom is 0.227 e. The van der Waals surface area contributed by atoms with Crippen LogP contribution in [0.15, 0.2) is 0 Å². The zero-order valence-corrected chi connectivity index (χ0v) is 12.8. The van der Waals surface area contributed by atoms with E-state index in [1.807, 2.05) is 0 Å². The van der Waals surface area contributed by atoms with E-state index in [9.17, 15) is 4.79 Å². The Hall–Kier alpha value is -0.570. The number of hydrogen-bond donors (Lipinski definition) is 2. The van der Waals surface area contributed by atoms with Crippen LogP contribution in [0, 0.1) is 23.2 Å². The minimum atomic E-state index is -0.166. The highest BCUT2D eigenvalue weighted by Gasteiger charge is 2.43. The molecule has 0 radical (unpaired) electrons. The fraction of sp³-hybridized carbons (Fsp3) is 0.938. The molecule has 1 saturated heterocycles. The van der Waals surface area contributed by atoms with Crippen molar-refractivity contribution in [3.63, 3.8) is 0 Å². The van der Waals surface area contributed by atoms with Gasteiger partial charge < -0.3 is 10.6 Å². The van der Waals surface area contributed by atoms with E-state index in [0.717, 1.165) is 32.0 Å². The fourth-order valence-corrected chi connectivity index (χ4v) is 3.82. The summed E-state index contributed by atoms with van der Waals surface area (Å²) < 4.78 is 0. The van der Waals surface area contributed by atoms with Crippen molar-refractivity contribution in [2.24, 2.45) is 23.2 Å². The molecule has 1 heterocycles. The summed E-state index contributed by atoms with van der Waals surface area (Å²) in [5.41, 5.74) is -0.166. The molecular weight excluding hydrogens is 236 g/mol. The molecule has 1 aliphatic carbocycles. The van der Waals surface area contributed by atoms with E-state index in [2.05, 4.69) is 31.4 Å². The van der Waals surface area contributed by atoms with Crippen LogP contribution in [0.1, 0.15) is 52.9 Å². The molecule has 0 aromatic carbocycles. The van der Waals surface area contributed by atoms with E-state index in [1.165, 1.54) is 25.7 Å². The third-order valence-corrected chi connectivity index (χ3v) is 5.34. The van der Waals surface area contributed by atoms with Crippen LogP contribution in [0.25, 0.3) is 0 Å². The third kappa shape index (κ3) is 3.31. The molecule has 2 rings (SSSR count). The van der Waals surface area contributed by atoms with Gasteiger partial charge in [-0.25, -0.2) is 0 Å². The van der Waals surface area contributed by atoms with E-state index in [1.54, 1.807) is 0 Å². The van der Waals surface area contributed by atoms with Crippen LogP contribution >= 0.6 is 0 Å². The molecule has 2 N–H and O–H groups in total. The first-order chi connectivity index (χ1) is 9.04. The molecule has 110 valence electrons. The molecule has 0 aromatic heterocycles. The second kappa shape index (κ2) is 6.25. The normalized spacial score (nSPS) is 35.6. The smallest absolute Gasteiger partial charge is 0.227 e. The van der Waals surface area contributed by atoms with Crippen molar-refractivity contribution < 1.29 is 4.79 Å². The van der Waals surface area contributed by atoms with Crippen molar-refractivity contribution in [1.29, 1.82) is 0 Å². The average Bonchev–Trinajstić information content (AvgIpc) is 2.86. The molecule has 0 bridgehead atoms. The topological polar surface area (TPSA) is 41.1 Å². The predicted octanol–water partition coefficient (Wildman–Crippen LogP) is 2.56. The highest BCUT2D eigenvalue weighted by Crippen LogP contribution is 2.34. The first-order valence-electron chi connectivity index (χ1n) is 8.03. The highest BCUT2D eigenvalue weighted by molar-refractivity contribution is 5.83. The van der Waals surface area contributed by atoms with Crippen molar-refractivity contribution in [3.05, 3.63) is 0 Å². The maximum atomic E-state index is 12.6. The molecule has 3 nitrogen and oxygen atoms in total. The van der Waals surface area contributed by atoms with Gasteiger partial charge in [-0.1, -0.05) is 33.6 Å². The van der Waals surface area contributed by atoms with Crippen molar-refractivity contribution >= 4 is 5.91 Å². The lowest BCUT2D eigenvalue weighted by Gasteiger charge is -2.33. The largest absolute Gasteiger partial charge is 0.355 e. The summed E-state index contributed by atoms with van der Waals surface area (Å²) >= 11 is 0. The quantitative estimate of drug-likeness (QED) is 0.821. The summed E-state index contributed by atoms with van der Waals surface area (Å²) in [6.45, 7) is 9.40. The lowest BCUT2D eigenvalue weighted by atomic mass is 9.75. The number of rotatable bonds is 4. The minimum Gasteiger partial charge on any atom is -0.355 e. The third-order valence-electron chi connectivity index (χ3n) is 5.34. The number of hydrogen-bond acceptors (Lipinski definition) is 2. The van der Waals surface area contributed by atoms with Gasteiger partial charge in [-0.05, 0) is 43.6 Å². The van der Waals surface area contributed by atoms with Crippen LogP contribution < -0.4 is 10.6 Å². The number of amides is 1. The summed E-state index contributed by atoms with van der Waals surface area (Å²) in [4.78, 5) is 12.6. The Morgan fingerprint density at radius 2 is 2.21 bits per heavy atom. The first kappa shape index (κ1) is 14.8. The van der Waals surface area contributed by atoms with Gasteiger partial charge in [0.15, 0.2) is 0 Å². The molecule has 3 heteroatoms. The van der Waals surface area contributed by atoms with Crippen molar-refractivity contribution in [2.75, 3.05) is 19.6 Å². The van der Waals surface area contributed by atoms with Crippen LogP contribution in [0.3, 0.4) is 0 Å². The van der Waals surface area contributed by atoms with Crippen molar-refractivity contribution in [1.82, 2.24) is 10.6 Å². The minimum absolute atomic E-state index is 0.166. The Morgan fingerprint density at radius 1 is 1.42 bits per heavy atom. The van der Waals surface area contributed by atoms with Gasteiger partial charge in [0.05, 0.1) is 5.41 Å². The molecule has 1 amide bonds. The Balaban J connectivity index is 1.86. The van der Waals surface area contributed by atoms with E-state index in [0.29, 0.717) is 11.8 Å². The number of carbonyl (C=O) groups is 1. The van der Waals surface area contributed by atoms with Crippen LogP contribution in [-0.4, -0.2) is 25.5 Å². The zero-order valence-electron chi connectivity index (χ0n) is 12.8. The van der Waals surface area contributed by atoms with Gasteiger partial charge in [-0.15, -0.1) is 0 Å². The molecule has 1 aliphatic heterocycles. The summed E-state index contributed by atoms with van der Waals surface area (Å²) in [5, 5.41) is 6.62. The lowest BCUT2D eigenvalue weighted by Crippen LogP contribution is -2.47. The van der Waals surface area contributed by atoms with Gasteiger partial charge in [0.25, 0.3) is 0 Å². The molecule has 0 aromatic rings. The van der Waals surface area contributed by atoms with Gasteiger partial charge in [-0.2, -0.15) is 0 Å². The second-order valence-electron chi connectivity index (χ2n) is 7.09. The van der Waals surface area contributed by atoms with Crippen molar-refractivity contribution in [3.8, 4) is 0 Å². The van der Waals surface area contributed by atoms with Gasteiger partial charge in [0.1, 0.15) is 0 Å². The van der Waals surface area contributed by atoms with Crippen LogP contribution in [0.5, 0.6) is 0 Å². The Bertz CT molecular complexity index is 308. The molecule has 19 heavy (non-hydrogen) atoms. The van der Waals surface area contributed by atoms with E-state index < -0.39 is 0 Å². The second-order valence-corrected chi connectivity index (χ2v) is 7.09. The monoisotopic (exact) mass is 266 g/mol. The summed E-state index contributed by atoms with van der Waals surface area (Å²) in [5.74, 6) is 2.23. The SMILES string of the molecule is CC1CCCC(CNC(=O)C2(C(C)C)CCNC2)C1. The zero-order chi connectivity index (χ0) is 13.9. The lowest BCUT2D eigenvalue weighted by molar-refractivity contribution is -0.132. The predicted molar refractivity (Wildman–Crippen MR) is 78.9 cm³/mol. The van der Waals surface area contributed by atoms with Gasteiger partial charge >= 0.3 is 0 Å². The molecule has 2 aliphatic rings. The van der Waals surface area contributed by atoms with Gasteiger partial charge in [0.2, 0.25) is 5.91 Å². The first-order valence-corrected chi connectivity index (χ1v) is 8.03. The standard InChI is InChI=1S/C16H30N2O/c1-12(2)16(7-8-17-11-16)15(19)18-10-14-6-4-5-13(3)9-14/h12-14,17H,4-11H2,1-3H3,(H,18,19). The van der Waals surface area contributed by atoms with Crippen LogP contribution in [-0.2, 0) is 4.79 Å². The summed E-state index contributed by atoms with van der Waals surface area (Å²) in [6.07, 6.45) is 6.26. The van der Waals surface area contributed by atoms with E-state index >= 15 is 0 Å². The molecule has 0 spiro atoms. The fourth-order valence-electron chi connectivity index (χ4n) is 3.82. The van der Waals surface area contributed by atoms with E-state index in [4.69, 9.17) is 0 Å². The van der Waals surface area contributed by atoms with Crippen LogP contribution in [0.2, 0.25) is 0 Å². The average molecular weight is 266 g/mol. The summed E-state index contributed by atoms with van der Waals surface area (Å²) in [7, 11) is 0. The highest BCUT2D eigenvalue weighted by atomic mass is 16.2. The number of carbonyl (C=O) groups excluding carboxylic acids is 1. The molecule has 2 fully saturated rings. The van der Waals surface area contributed by atoms with Crippen LogP contribution in [0.4, 0.5) is 0 Å². The molecule has 1 saturated carbocycles. The Labute approximate surface area is 117 Å². The summed E-state index contributed by atoms with van der Waals surface area (Å²) in [6, 6.07) is 0. The van der Waals surface area contributed by atoms with Gasteiger partial charge in [0, 0.05) is 13.1 Å².